The molecule has 5 nitrogen and oxygen atoms in total. The Kier molecular flexibility index (Phi) is 6.01. The Labute approximate surface area is 156 Å². The van der Waals surface area contributed by atoms with Crippen LogP contribution in [0.4, 0.5) is 4.39 Å². The number of thiophene rings is 1. The van der Waals surface area contributed by atoms with Crippen LogP contribution in [0.15, 0.2) is 58.3 Å². The van der Waals surface area contributed by atoms with Crippen LogP contribution >= 0.6 is 11.3 Å². The zero-order valence-corrected chi connectivity index (χ0v) is 15.7. The fraction of sp³-hybridized carbons (Fsp3) is 0.263. The minimum atomic E-state index is -0.247. The number of guanidine groups is 1. The van der Waals surface area contributed by atoms with E-state index in [1.807, 2.05) is 19.3 Å². The first-order chi connectivity index (χ1) is 12.7. The lowest BCUT2D eigenvalue weighted by atomic mass is 10.3. The molecule has 0 spiro atoms. The molecule has 3 rings (SSSR count). The van der Waals surface area contributed by atoms with E-state index in [1.54, 1.807) is 35.2 Å². The lowest BCUT2D eigenvalue weighted by molar-refractivity contribution is 0.478. The number of nitrogens with one attached hydrogen (secondary N) is 1. The molecule has 26 heavy (non-hydrogen) atoms. The van der Waals surface area contributed by atoms with Crippen LogP contribution in [0, 0.1) is 5.82 Å². The Morgan fingerprint density at radius 1 is 1.27 bits per heavy atom. The third-order valence-corrected chi connectivity index (χ3v) is 4.70. The second-order valence-corrected chi connectivity index (χ2v) is 6.72. The van der Waals surface area contributed by atoms with Crippen molar-refractivity contribution in [2.45, 2.75) is 13.0 Å². The minimum Gasteiger partial charge on any atom is -0.356 e. The number of aliphatic imine (C=N–C) groups is 1. The third kappa shape index (κ3) is 4.70. The number of benzene rings is 1. The van der Waals surface area contributed by atoms with Crippen LogP contribution in [-0.2, 0) is 13.0 Å². The molecule has 0 radical (unpaired) electrons. The number of aromatic nitrogens is 2. The molecule has 2 aromatic heterocycles. The monoisotopic (exact) mass is 371 g/mol. The Balaban J connectivity index is 1.51. The molecule has 136 valence electrons. The Morgan fingerprint density at radius 3 is 2.77 bits per heavy atom. The van der Waals surface area contributed by atoms with Gasteiger partial charge in [-0.25, -0.2) is 9.07 Å². The first-order valence-corrected chi connectivity index (χ1v) is 9.33. The molecule has 1 N–H and O–H groups in total. The number of halogens is 1. The molecule has 0 atom stereocenters. The van der Waals surface area contributed by atoms with E-state index in [0.29, 0.717) is 0 Å². The summed E-state index contributed by atoms with van der Waals surface area (Å²) in [6.45, 7) is 1.56. The third-order valence-electron chi connectivity index (χ3n) is 3.97. The highest BCUT2D eigenvalue weighted by Crippen LogP contribution is 2.10. The predicted octanol–water partition coefficient (Wildman–Crippen LogP) is 3.32. The lowest BCUT2D eigenvalue weighted by Crippen LogP contribution is -2.39. The van der Waals surface area contributed by atoms with Crippen LogP contribution in [0.25, 0.3) is 5.69 Å². The molecule has 0 unspecified atom stereocenters. The van der Waals surface area contributed by atoms with Crippen molar-refractivity contribution >= 4 is 17.3 Å². The summed E-state index contributed by atoms with van der Waals surface area (Å²) in [4.78, 5) is 6.43. The van der Waals surface area contributed by atoms with Crippen LogP contribution < -0.4 is 5.32 Å². The fourth-order valence-corrected chi connectivity index (χ4v) is 3.31. The van der Waals surface area contributed by atoms with Gasteiger partial charge in [0, 0.05) is 39.8 Å². The van der Waals surface area contributed by atoms with E-state index in [9.17, 15) is 4.39 Å². The summed E-state index contributed by atoms with van der Waals surface area (Å²) in [5.41, 5.74) is 3.09. The van der Waals surface area contributed by atoms with Crippen molar-refractivity contribution in [3.8, 4) is 5.69 Å². The van der Waals surface area contributed by atoms with Gasteiger partial charge in [-0.3, -0.25) is 4.99 Å². The van der Waals surface area contributed by atoms with E-state index >= 15 is 0 Å². The van der Waals surface area contributed by atoms with E-state index < -0.39 is 0 Å². The van der Waals surface area contributed by atoms with Crippen molar-refractivity contribution in [1.29, 1.82) is 0 Å². The van der Waals surface area contributed by atoms with Gasteiger partial charge in [-0.15, -0.1) is 0 Å². The van der Waals surface area contributed by atoms with Gasteiger partial charge >= 0.3 is 0 Å². The maximum Gasteiger partial charge on any atom is 0.193 e. The van der Waals surface area contributed by atoms with Crippen molar-refractivity contribution in [1.82, 2.24) is 20.0 Å². The normalized spacial score (nSPS) is 11.6. The smallest absolute Gasteiger partial charge is 0.193 e. The highest BCUT2D eigenvalue weighted by molar-refractivity contribution is 7.07. The number of nitrogens with zero attached hydrogens (tertiary/aromatic N) is 4. The molecule has 0 saturated carbocycles. The molecule has 7 heteroatoms. The molecule has 0 saturated heterocycles. The molecule has 1 aromatic carbocycles. The Hall–Kier alpha value is -2.67. The van der Waals surface area contributed by atoms with E-state index in [4.69, 9.17) is 0 Å². The van der Waals surface area contributed by atoms with E-state index in [2.05, 4.69) is 37.1 Å². The van der Waals surface area contributed by atoms with Gasteiger partial charge in [0.15, 0.2) is 5.96 Å². The molecule has 0 bridgehead atoms. The maximum absolute atomic E-state index is 13.0. The highest BCUT2D eigenvalue weighted by Gasteiger charge is 2.07. The molecular formula is C19H22FN5S. The summed E-state index contributed by atoms with van der Waals surface area (Å²) in [5, 5.41) is 12.1. The van der Waals surface area contributed by atoms with Crippen molar-refractivity contribution < 1.29 is 4.39 Å². The first-order valence-electron chi connectivity index (χ1n) is 8.39. The summed E-state index contributed by atoms with van der Waals surface area (Å²) >= 11 is 1.70. The van der Waals surface area contributed by atoms with Gasteiger partial charge < -0.3 is 10.2 Å². The zero-order valence-electron chi connectivity index (χ0n) is 14.9. The summed E-state index contributed by atoms with van der Waals surface area (Å²) in [6, 6.07) is 10.4. The second-order valence-electron chi connectivity index (χ2n) is 5.94. The summed E-state index contributed by atoms with van der Waals surface area (Å²) < 4.78 is 14.8. The van der Waals surface area contributed by atoms with Gasteiger partial charge in [0.2, 0.25) is 0 Å². The predicted molar refractivity (Wildman–Crippen MR) is 104 cm³/mol. The van der Waals surface area contributed by atoms with Crippen LogP contribution in [0.5, 0.6) is 0 Å². The molecular weight excluding hydrogens is 349 g/mol. The SMILES string of the molecule is CN=C(NCCc1ccn(-c2ccc(F)cc2)n1)N(C)Cc1ccsc1. The first kappa shape index (κ1) is 18.1. The molecule has 0 aliphatic rings. The average Bonchev–Trinajstić information content (AvgIpc) is 3.31. The van der Waals surface area contributed by atoms with Crippen molar-refractivity contribution in [2.75, 3.05) is 20.6 Å². The summed E-state index contributed by atoms with van der Waals surface area (Å²) in [7, 11) is 3.81. The van der Waals surface area contributed by atoms with Crippen molar-refractivity contribution in [2.24, 2.45) is 4.99 Å². The van der Waals surface area contributed by atoms with Gasteiger partial charge in [0.05, 0.1) is 11.4 Å². The van der Waals surface area contributed by atoms with E-state index in [0.717, 1.165) is 36.9 Å². The maximum atomic E-state index is 13.0. The highest BCUT2D eigenvalue weighted by atomic mass is 32.1. The van der Waals surface area contributed by atoms with Gasteiger partial charge in [-0.05, 0) is 52.7 Å². The quantitative estimate of drug-likeness (QED) is 0.534. The largest absolute Gasteiger partial charge is 0.356 e. The minimum absolute atomic E-state index is 0.247. The number of hydrogen-bond donors (Lipinski definition) is 1. The van der Waals surface area contributed by atoms with Gasteiger partial charge in [0.1, 0.15) is 5.82 Å². The molecule has 3 aromatic rings. The van der Waals surface area contributed by atoms with Crippen molar-refractivity contribution in [3.63, 3.8) is 0 Å². The van der Waals surface area contributed by atoms with Gasteiger partial charge in [-0.2, -0.15) is 16.4 Å². The van der Waals surface area contributed by atoms with Gasteiger partial charge in [-0.1, -0.05) is 0 Å². The molecule has 0 aliphatic heterocycles. The van der Waals surface area contributed by atoms with Crippen LogP contribution in [-0.4, -0.2) is 41.3 Å². The fourth-order valence-electron chi connectivity index (χ4n) is 2.65. The van der Waals surface area contributed by atoms with Crippen LogP contribution in [0.3, 0.4) is 0 Å². The van der Waals surface area contributed by atoms with Crippen LogP contribution in [0.2, 0.25) is 0 Å². The standard InChI is InChI=1S/C19H22FN5S/c1-21-19(24(2)13-15-9-12-26-14-15)22-10-7-17-8-11-25(23-17)18-5-3-16(20)4-6-18/h3-6,8-9,11-12,14H,7,10,13H2,1-2H3,(H,21,22). The van der Waals surface area contributed by atoms with E-state index in [1.165, 1.54) is 17.7 Å². The Morgan fingerprint density at radius 2 is 2.08 bits per heavy atom. The van der Waals surface area contributed by atoms with Crippen molar-refractivity contribution in [3.05, 3.63) is 70.4 Å². The second kappa shape index (κ2) is 8.62. The molecule has 0 fully saturated rings. The van der Waals surface area contributed by atoms with Gasteiger partial charge in [0.25, 0.3) is 0 Å². The Bertz CT molecular complexity index is 839. The summed E-state index contributed by atoms with van der Waals surface area (Å²) in [6.07, 6.45) is 2.67. The number of rotatable bonds is 6. The molecule has 2 heterocycles. The van der Waals surface area contributed by atoms with E-state index in [-0.39, 0.29) is 5.82 Å². The number of hydrogen-bond acceptors (Lipinski definition) is 3. The molecule has 0 amide bonds. The topological polar surface area (TPSA) is 45.5 Å². The lowest BCUT2D eigenvalue weighted by Gasteiger charge is -2.21. The van der Waals surface area contributed by atoms with Crippen LogP contribution in [0.1, 0.15) is 11.3 Å². The zero-order chi connectivity index (χ0) is 18.4. The molecule has 0 aliphatic carbocycles. The summed E-state index contributed by atoms with van der Waals surface area (Å²) in [5.74, 6) is 0.609. The average molecular weight is 371 g/mol.